The van der Waals surface area contributed by atoms with E-state index in [9.17, 15) is 14.4 Å². The summed E-state index contributed by atoms with van der Waals surface area (Å²) >= 11 is 1.24. The lowest BCUT2D eigenvalue weighted by atomic mass is 9.96. The van der Waals surface area contributed by atoms with Crippen molar-refractivity contribution in [2.24, 2.45) is 5.92 Å². The number of hydrogen-bond donors (Lipinski definition) is 1. The minimum absolute atomic E-state index is 0.0652. The van der Waals surface area contributed by atoms with E-state index < -0.39 is 6.04 Å². The Balaban J connectivity index is 2.48. The summed E-state index contributed by atoms with van der Waals surface area (Å²) in [7, 11) is 0. The highest BCUT2D eigenvalue weighted by molar-refractivity contribution is 8.13. The second kappa shape index (κ2) is 11.5. The Morgan fingerprint density at radius 2 is 1.87 bits per heavy atom. The second-order valence-electron chi connectivity index (χ2n) is 6.35. The number of nitrogens with zero attached hydrogens (tertiary/aromatic N) is 1. The lowest BCUT2D eigenvalue weighted by molar-refractivity contribution is -0.109. The maximum absolute atomic E-state index is 12.3. The first-order valence-electron chi connectivity index (χ1n) is 8.67. The van der Waals surface area contributed by atoms with Crippen LogP contribution >= 0.6 is 11.8 Å². The number of thioether (sulfide) groups is 1. The van der Waals surface area contributed by atoms with E-state index in [0.717, 1.165) is 12.7 Å². The van der Waals surface area contributed by atoms with Gasteiger partial charge < -0.3 is 15.0 Å². The molecule has 0 aromatic heterocycles. The standard InChI is InChI=1S/C17H30N2O3S/c1-14(13-20)18-17(22)19(11-12-23-15(2)21)10-9-16-7-5-3-4-6-8-16/h13-14,16H,3-12H2,1-2H3,(H,18,22)/t14-/m0/s1. The molecule has 1 atom stereocenters. The molecule has 0 aromatic rings. The number of rotatable bonds is 8. The van der Waals surface area contributed by atoms with E-state index in [1.165, 1.54) is 57.2 Å². The highest BCUT2D eigenvalue weighted by Gasteiger charge is 2.18. The van der Waals surface area contributed by atoms with Gasteiger partial charge in [0, 0.05) is 25.8 Å². The molecule has 1 saturated carbocycles. The molecule has 0 saturated heterocycles. The molecule has 1 N–H and O–H groups in total. The van der Waals surface area contributed by atoms with Crippen LogP contribution in [0.3, 0.4) is 0 Å². The molecule has 132 valence electrons. The molecular formula is C17H30N2O3S. The Morgan fingerprint density at radius 3 is 2.43 bits per heavy atom. The zero-order chi connectivity index (χ0) is 17.1. The molecule has 0 heterocycles. The summed E-state index contributed by atoms with van der Waals surface area (Å²) in [6.45, 7) is 4.43. The number of amides is 2. The molecule has 0 aliphatic heterocycles. The lowest BCUT2D eigenvalue weighted by Crippen LogP contribution is -2.46. The first-order chi connectivity index (χ1) is 11.0. The van der Waals surface area contributed by atoms with Crippen LogP contribution in [-0.2, 0) is 9.59 Å². The van der Waals surface area contributed by atoms with Crippen LogP contribution < -0.4 is 5.32 Å². The third-order valence-electron chi connectivity index (χ3n) is 4.29. The van der Waals surface area contributed by atoms with E-state index >= 15 is 0 Å². The molecule has 1 aliphatic carbocycles. The van der Waals surface area contributed by atoms with E-state index in [0.29, 0.717) is 24.8 Å². The average Bonchev–Trinajstić information content (AvgIpc) is 2.78. The van der Waals surface area contributed by atoms with E-state index in [1.807, 2.05) is 0 Å². The molecule has 0 unspecified atom stereocenters. The van der Waals surface area contributed by atoms with Gasteiger partial charge in [0.2, 0.25) is 0 Å². The van der Waals surface area contributed by atoms with Crippen LogP contribution in [0.2, 0.25) is 0 Å². The summed E-state index contributed by atoms with van der Waals surface area (Å²) in [4.78, 5) is 35.8. The molecule has 0 radical (unpaired) electrons. The summed E-state index contributed by atoms with van der Waals surface area (Å²) in [5.74, 6) is 1.29. The summed E-state index contributed by atoms with van der Waals surface area (Å²) in [6, 6.07) is -0.689. The van der Waals surface area contributed by atoms with Crippen molar-refractivity contribution >= 4 is 29.2 Å². The predicted octanol–water partition coefficient (Wildman–Crippen LogP) is 3.23. The SMILES string of the molecule is CC(=O)SCCN(CCC1CCCCCC1)C(=O)N[C@@H](C)C=O. The molecule has 1 aliphatic rings. The molecule has 6 heteroatoms. The largest absolute Gasteiger partial charge is 0.329 e. The van der Waals surface area contributed by atoms with Gasteiger partial charge in [-0.3, -0.25) is 4.79 Å². The smallest absolute Gasteiger partial charge is 0.317 e. The molecule has 0 spiro atoms. The van der Waals surface area contributed by atoms with Gasteiger partial charge in [-0.05, 0) is 19.3 Å². The van der Waals surface area contributed by atoms with Crippen LogP contribution in [0.15, 0.2) is 0 Å². The number of aldehydes is 1. The van der Waals surface area contributed by atoms with Crippen molar-refractivity contribution in [1.82, 2.24) is 10.2 Å². The van der Waals surface area contributed by atoms with Crippen molar-refractivity contribution in [3.05, 3.63) is 0 Å². The molecular weight excluding hydrogens is 312 g/mol. The van der Waals surface area contributed by atoms with Gasteiger partial charge in [-0.25, -0.2) is 4.79 Å². The molecule has 1 fully saturated rings. The number of nitrogens with one attached hydrogen (secondary N) is 1. The summed E-state index contributed by atoms with van der Waals surface area (Å²) in [6.07, 6.45) is 9.47. The zero-order valence-electron chi connectivity index (χ0n) is 14.4. The Kier molecular flexibility index (Phi) is 9.99. The van der Waals surface area contributed by atoms with Crippen LogP contribution in [0.4, 0.5) is 4.79 Å². The first kappa shape index (κ1) is 20.0. The molecule has 2 amide bonds. The summed E-state index contributed by atoms with van der Waals surface area (Å²) < 4.78 is 0. The third-order valence-corrected chi connectivity index (χ3v) is 5.08. The van der Waals surface area contributed by atoms with Gasteiger partial charge >= 0.3 is 6.03 Å². The van der Waals surface area contributed by atoms with Crippen LogP contribution in [0.1, 0.15) is 58.8 Å². The molecule has 1 rings (SSSR count). The zero-order valence-corrected chi connectivity index (χ0v) is 15.2. The minimum atomic E-state index is -0.483. The van der Waals surface area contributed by atoms with E-state index in [1.54, 1.807) is 11.8 Å². The van der Waals surface area contributed by atoms with Crippen molar-refractivity contribution in [1.29, 1.82) is 0 Å². The quantitative estimate of drug-likeness (QED) is 0.543. The molecule has 23 heavy (non-hydrogen) atoms. The number of carbonyl (C=O) groups is 3. The van der Waals surface area contributed by atoms with Gasteiger partial charge in [0.1, 0.15) is 6.29 Å². The lowest BCUT2D eigenvalue weighted by Gasteiger charge is -2.26. The Hall–Kier alpha value is -1.04. The number of carbonyl (C=O) groups excluding carboxylic acids is 3. The molecule has 0 bridgehead atoms. The van der Waals surface area contributed by atoms with Gasteiger partial charge in [-0.15, -0.1) is 0 Å². The van der Waals surface area contributed by atoms with E-state index in [2.05, 4.69) is 5.32 Å². The van der Waals surface area contributed by atoms with Gasteiger partial charge in [0.05, 0.1) is 6.04 Å². The van der Waals surface area contributed by atoms with Gasteiger partial charge in [0.25, 0.3) is 0 Å². The van der Waals surface area contributed by atoms with Gasteiger partial charge in [0.15, 0.2) is 5.12 Å². The maximum atomic E-state index is 12.3. The monoisotopic (exact) mass is 342 g/mol. The number of urea groups is 1. The van der Waals surface area contributed by atoms with E-state index in [4.69, 9.17) is 0 Å². The normalized spacial score (nSPS) is 17.1. The fraction of sp³-hybridized carbons (Fsp3) is 0.824. The highest BCUT2D eigenvalue weighted by Crippen LogP contribution is 2.25. The topological polar surface area (TPSA) is 66.5 Å². The van der Waals surface area contributed by atoms with Crippen molar-refractivity contribution in [2.45, 2.75) is 64.8 Å². The fourth-order valence-electron chi connectivity index (χ4n) is 2.93. The third kappa shape index (κ3) is 8.98. The molecule has 5 nitrogen and oxygen atoms in total. The van der Waals surface area contributed by atoms with Crippen LogP contribution in [0.5, 0.6) is 0 Å². The Morgan fingerprint density at radius 1 is 1.22 bits per heavy atom. The predicted molar refractivity (Wildman–Crippen MR) is 94.6 cm³/mol. The van der Waals surface area contributed by atoms with Crippen molar-refractivity contribution in [3.8, 4) is 0 Å². The van der Waals surface area contributed by atoms with Crippen molar-refractivity contribution < 1.29 is 14.4 Å². The maximum Gasteiger partial charge on any atom is 0.317 e. The fourth-order valence-corrected chi connectivity index (χ4v) is 3.52. The second-order valence-corrected chi connectivity index (χ2v) is 7.62. The van der Waals surface area contributed by atoms with Crippen molar-refractivity contribution in [3.63, 3.8) is 0 Å². The van der Waals surface area contributed by atoms with Crippen molar-refractivity contribution in [2.75, 3.05) is 18.8 Å². The summed E-state index contributed by atoms with van der Waals surface area (Å²) in [5.41, 5.74) is 0. The summed E-state index contributed by atoms with van der Waals surface area (Å²) in [5, 5.41) is 2.76. The van der Waals surface area contributed by atoms with Crippen LogP contribution in [0, 0.1) is 5.92 Å². The Bertz CT molecular complexity index is 382. The first-order valence-corrected chi connectivity index (χ1v) is 9.65. The minimum Gasteiger partial charge on any atom is -0.329 e. The van der Waals surface area contributed by atoms with Gasteiger partial charge in [-0.1, -0.05) is 50.3 Å². The van der Waals surface area contributed by atoms with Crippen LogP contribution in [0.25, 0.3) is 0 Å². The average molecular weight is 343 g/mol. The molecule has 0 aromatic carbocycles. The Labute approximate surface area is 143 Å². The number of hydrogen-bond acceptors (Lipinski definition) is 4. The van der Waals surface area contributed by atoms with Gasteiger partial charge in [-0.2, -0.15) is 0 Å². The van der Waals surface area contributed by atoms with E-state index in [-0.39, 0.29) is 11.1 Å². The van der Waals surface area contributed by atoms with Crippen LogP contribution in [-0.4, -0.2) is 47.2 Å². The highest BCUT2D eigenvalue weighted by atomic mass is 32.2.